The average Bonchev–Trinajstić information content (AvgIpc) is 2.96. The molecule has 21 heavy (non-hydrogen) atoms. The van der Waals surface area contributed by atoms with Gasteiger partial charge >= 0.3 is 0 Å². The number of fused-ring (bicyclic) bond motifs is 1. The molecule has 3 rings (SSSR count). The Kier molecular flexibility index (Phi) is 3.77. The molecule has 0 spiro atoms. The maximum Gasteiger partial charge on any atom is 0.123 e. The van der Waals surface area contributed by atoms with E-state index in [4.69, 9.17) is 14.7 Å². The number of benzene rings is 2. The third kappa shape index (κ3) is 2.84. The molecule has 1 aliphatic rings. The number of hydrogen-bond donors (Lipinski definition) is 1. The summed E-state index contributed by atoms with van der Waals surface area (Å²) in [7, 11) is 0. The molecule has 1 atom stereocenters. The van der Waals surface area contributed by atoms with E-state index < -0.39 is 0 Å². The van der Waals surface area contributed by atoms with Crippen LogP contribution in [0, 0.1) is 0 Å². The van der Waals surface area contributed by atoms with Crippen LogP contribution in [0.15, 0.2) is 53.7 Å². The number of rotatable bonds is 4. The van der Waals surface area contributed by atoms with Crippen LogP contribution in [0.2, 0.25) is 0 Å². The second-order valence-electron chi connectivity index (χ2n) is 5.07. The molecule has 2 aromatic rings. The van der Waals surface area contributed by atoms with E-state index in [1.165, 1.54) is 5.56 Å². The summed E-state index contributed by atoms with van der Waals surface area (Å²) >= 11 is 0. The van der Waals surface area contributed by atoms with Gasteiger partial charge in [-0.2, -0.15) is 0 Å². The van der Waals surface area contributed by atoms with E-state index in [1.54, 1.807) is 6.92 Å². The number of ether oxygens (including phenoxy) is 2. The van der Waals surface area contributed by atoms with Crippen molar-refractivity contribution >= 4 is 5.71 Å². The summed E-state index contributed by atoms with van der Waals surface area (Å²) in [5.74, 6) is 2.02. The molecule has 1 heterocycles. The molecular formula is C17H17NO3. The first-order valence-electron chi connectivity index (χ1n) is 6.91. The first-order valence-corrected chi connectivity index (χ1v) is 6.91. The number of nitrogens with zero attached hydrogens (tertiary/aromatic N) is 1. The molecular weight excluding hydrogens is 266 g/mol. The lowest BCUT2D eigenvalue weighted by Gasteiger charge is -2.11. The van der Waals surface area contributed by atoms with Gasteiger partial charge in [-0.05, 0) is 42.8 Å². The molecule has 0 radical (unpaired) electrons. The lowest BCUT2D eigenvalue weighted by atomic mass is 10.0. The molecule has 0 aliphatic carbocycles. The molecule has 4 heteroatoms. The Balaban J connectivity index is 1.64. The van der Waals surface area contributed by atoms with Crippen LogP contribution in [0.25, 0.3) is 0 Å². The van der Waals surface area contributed by atoms with Gasteiger partial charge in [-0.15, -0.1) is 0 Å². The standard InChI is InChI=1S/C17H17NO3/c1-12(18-19)13-6-8-15(9-7-13)20-10-14-11-21-17-5-3-2-4-16(14)17/h2-9,14,19H,10-11H2,1H3. The van der Waals surface area contributed by atoms with Crippen LogP contribution in [0.1, 0.15) is 24.0 Å². The smallest absolute Gasteiger partial charge is 0.123 e. The van der Waals surface area contributed by atoms with Crippen molar-refractivity contribution in [1.82, 2.24) is 0 Å². The van der Waals surface area contributed by atoms with Gasteiger partial charge in [-0.1, -0.05) is 23.4 Å². The fraction of sp³-hybridized carbons (Fsp3) is 0.235. The zero-order valence-electron chi connectivity index (χ0n) is 11.8. The minimum absolute atomic E-state index is 0.265. The summed E-state index contributed by atoms with van der Waals surface area (Å²) in [6.07, 6.45) is 0. The molecule has 0 bridgehead atoms. The van der Waals surface area contributed by atoms with Crippen molar-refractivity contribution in [2.24, 2.45) is 5.16 Å². The highest BCUT2D eigenvalue weighted by atomic mass is 16.5. The Labute approximate surface area is 123 Å². The predicted molar refractivity (Wildman–Crippen MR) is 80.6 cm³/mol. The highest BCUT2D eigenvalue weighted by molar-refractivity contribution is 5.98. The van der Waals surface area contributed by atoms with Gasteiger partial charge in [0, 0.05) is 5.56 Å². The van der Waals surface area contributed by atoms with E-state index in [0.717, 1.165) is 17.1 Å². The minimum Gasteiger partial charge on any atom is -0.493 e. The predicted octanol–water partition coefficient (Wildman–Crippen LogP) is 3.44. The first kappa shape index (κ1) is 13.5. The second kappa shape index (κ2) is 5.87. The highest BCUT2D eigenvalue weighted by Gasteiger charge is 2.24. The normalized spacial score (nSPS) is 17.2. The van der Waals surface area contributed by atoms with Gasteiger partial charge in [0.05, 0.1) is 24.8 Å². The van der Waals surface area contributed by atoms with Gasteiger partial charge in [0.25, 0.3) is 0 Å². The van der Waals surface area contributed by atoms with E-state index in [1.807, 2.05) is 42.5 Å². The molecule has 0 fully saturated rings. The van der Waals surface area contributed by atoms with Crippen molar-refractivity contribution in [2.75, 3.05) is 13.2 Å². The van der Waals surface area contributed by atoms with Crippen molar-refractivity contribution in [1.29, 1.82) is 0 Å². The molecule has 2 aromatic carbocycles. The molecule has 1 aliphatic heterocycles. The Hall–Kier alpha value is -2.49. The Morgan fingerprint density at radius 1 is 1.24 bits per heavy atom. The van der Waals surface area contributed by atoms with Crippen LogP contribution in [0.4, 0.5) is 0 Å². The highest BCUT2D eigenvalue weighted by Crippen LogP contribution is 2.33. The lowest BCUT2D eigenvalue weighted by Crippen LogP contribution is -2.11. The summed E-state index contributed by atoms with van der Waals surface area (Å²) in [5, 5.41) is 11.9. The summed E-state index contributed by atoms with van der Waals surface area (Å²) in [5.41, 5.74) is 2.66. The fourth-order valence-electron chi connectivity index (χ4n) is 2.41. The van der Waals surface area contributed by atoms with E-state index in [0.29, 0.717) is 18.9 Å². The molecule has 0 aromatic heterocycles. The first-order chi connectivity index (χ1) is 10.3. The van der Waals surface area contributed by atoms with Gasteiger partial charge in [0.15, 0.2) is 0 Å². The van der Waals surface area contributed by atoms with Gasteiger partial charge in [-0.25, -0.2) is 0 Å². The quantitative estimate of drug-likeness (QED) is 0.531. The Morgan fingerprint density at radius 2 is 2.00 bits per heavy atom. The fourth-order valence-corrected chi connectivity index (χ4v) is 2.41. The van der Waals surface area contributed by atoms with Crippen molar-refractivity contribution in [3.63, 3.8) is 0 Å². The Bertz CT molecular complexity index is 649. The molecule has 4 nitrogen and oxygen atoms in total. The molecule has 0 amide bonds. The minimum atomic E-state index is 0.265. The van der Waals surface area contributed by atoms with Crippen LogP contribution < -0.4 is 9.47 Å². The van der Waals surface area contributed by atoms with E-state index in [-0.39, 0.29) is 5.92 Å². The number of hydrogen-bond acceptors (Lipinski definition) is 4. The topological polar surface area (TPSA) is 51.1 Å². The van der Waals surface area contributed by atoms with Crippen LogP contribution in [-0.4, -0.2) is 24.1 Å². The molecule has 0 saturated carbocycles. The van der Waals surface area contributed by atoms with Crippen molar-refractivity contribution in [3.05, 3.63) is 59.7 Å². The molecule has 108 valence electrons. The molecule has 1 unspecified atom stereocenters. The van der Waals surface area contributed by atoms with Crippen LogP contribution in [0.3, 0.4) is 0 Å². The van der Waals surface area contributed by atoms with Gasteiger partial charge in [0.1, 0.15) is 11.5 Å². The lowest BCUT2D eigenvalue weighted by molar-refractivity contribution is 0.248. The average molecular weight is 283 g/mol. The van der Waals surface area contributed by atoms with Crippen LogP contribution in [-0.2, 0) is 0 Å². The van der Waals surface area contributed by atoms with Crippen LogP contribution >= 0.6 is 0 Å². The maximum absolute atomic E-state index is 8.74. The third-order valence-corrected chi connectivity index (χ3v) is 3.67. The SMILES string of the molecule is CC(=NO)c1ccc(OCC2COc3ccccc32)cc1. The maximum atomic E-state index is 8.74. The third-order valence-electron chi connectivity index (χ3n) is 3.67. The number of oxime groups is 1. The number of para-hydroxylation sites is 1. The summed E-state index contributed by atoms with van der Waals surface area (Å²) in [4.78, 5) is 0. The largest absolute Gasteiger partial charge is 0.493 e. The van der Waals surface area contributed by atoms with Gasteiger partial charge in [0.2, 0.25) is 0 Å². The zero-order chi connectivity index (χ0) is 14.7. The molecule has 1 N–H and O–H groups in total. The zero-order valence-corrected chi connectivity index (χ0v) is 11.8. The monoisotopic (exact) mass is 283 g/mol. The van der Waals surface area contributed by atoms with E-state index in [2.05, 4.69) is 11.2 Å². The van der Waals surface area contributed by atoms with Crippen LogP contribution in [0.5, 0.6) is 11.5 Å². The summed E-state index contributed by atoms with van der Waals surface area (Å²) in [6, 6.07) is 15.6. The second-order valence-corrected chi connectivity index (χ2v) is 5.07. The summed E-state index contributed by atoms with van der Waals surface area (Å²) < 4.78 is 11.5. The van der Waals surface area contributed by atoms with E-state index >= 15 is 0 Å². The van der Waals surface area contributed by atoms with E-state index in [9.17, 15) is 0 Å². The molecule has 0 saturated heterocycles. The van der Waals surface area contributed by atoms with Crippen molar-refractivity contribution < 1.29 is 14.7 Å². The Morgan fingerprint density at radius 3 is 2.76 bits per heavy atom. The van der Waals surface area contributed by atoms with Crippen molar-refractivity contribution in [2.45, 2.75) is 12.8 Å². The summed E-state index contributed by atoms with van der Waals surface area (Å²) in [6.45, 7) is 3.00. The van der Waals surface area contributed by atoms with Gasteiger partial charge in [-0.3, -0.25) is 0 Å². The van der Waals surface area contributed by atoms with Gasteiger partial charge < -0.3 is 14.7 Å². The van der Waals surface area contributed by atoms with Crippen molar-refractivity contribution in [3.8, 4) is 11.5 Å².